The van der Waals surface area contributed by atoms with E-state index in [2.05, 4.69) is 213 Å². The van der Waals surface area contributed by atoms with E-state index < -0.39 is 0 Å². The minimum Gasteiger partial charge on any atom is -0.310 e. The summed E-state index contributed by atoms with van der Waals surface area (Å²) in [6.07, 6.45) is 0. The number of rotatable bonds is 6. The second-order valence-corrected chi connectivity index (χ2v) is 13.3. The Morgan fingerprint density at radius 2 is 0.878 bits per heavy atom. The number of hydrogen-bond acceptors (Lipinski definition) is 1. The molecule has 0 aliphatic heterocycles. The van der Waals surface area contributed by atoms with E-state index >= 15 is 0 Å². The van der Waals surface area contributed by atoms with Gasteiger partial charge in [0.2, 0.25) is 0 Å². The van der Waals surface area contributed by atoms with Gasteiger partial charge in [-0.1, -0.05) is 125 Å². The quantitative estimate of drug-likeness (QED) is 0.169. The van der Waals surface area contributed by atoms with Crippen molar-refractivity contribution < 1.29 is 0 Å². The number of fused-ring (bicyclic) bond motifs is 4. The lowest BCUT2D eigenvalue weighted by Gasteiger charge is -2.26. The first-order valence-electron chi connectivity index (χ1n) is 16.5. The molecule has 0 N–H and O–H groups in total. The first kappa shape index (κ1) is 29.3. The van der Waals surface area contributed by atoms with Gasteiger partial charge in [-0.15, -0.1) is 0 Å². The minimum absolute atomic E-state index is 1.05. The summed E-state index contributed by atoms with van der Waals surface area (Å²) in [5.74, 6) is 0. The molecule has 3 heteroatoms. The van der Waals surface area contributed by atoms with Gasteiger partial charge in [-0.2, -0.15) is 0 Å². The zero-order chi connectivity index (χ0) is 32.7. The molecule has 9 aromatic rings. The number of benzene rings is 8. The van der Waals surface area contributed by atoms with E-state index in [0.717, 1.165) is 27.2 Å². The average Bonchev–Trinajstić information content (AvgIpc) is 3.50. The van der Waals surface area contributed by atoms with Crippen molar-refractivity contribution in [3.8, 4) is 27.9 Å². The van der Waals surface area contributed by atoms with Gasteiger partial charge in [0.05, 0.1) is 11.0 Å². The predicted octanol–water partition coefficient (Wildman–Crippen LogP) is 13.5. The molecule has 0 fully saturated rings. The monoisotopic (exact) mass is 690 g/mol. The lowest BCUT2D eigenvalue weighted by molar-refractivity contribution is 1.18. The van der Waals surface area contributed by atoms with E-state index in [0.29, 0.717) is 0 Å². The first-order chi connectivity index (χ1) is 24.2. The minimum atomic E-state index is 1.05. The van der Waals surface area contributed by atoms with E-state index in [1.165, 1.54) is 54.8 Å². The predicted molar refractivity (Wildman–Crippen MR) is 212 cm³/mol. The molecule has 0 radical (unpaired) electrons. The van der Waals surface area contributed by atoms with Gasteiger partial charge in [0.15, 0.2) is 0 Å². The van der Waals surface area contributed by atoms with Crippen LogP contribution in [0.2, 0.25) is 0 Å². The van der Waals surface area contributed by atoms with Crippen LogP contribution >= 0.6 is 15.9 Å². The molecule has 9 rings (SSSR count). The van der Waals surface area contributed by atoms with E-state index in [1.807, 2.05) is 0 Å². The van der Waals surface area contributed by atoms with Crippen LogP contribution in [0.4, 0.5) is 17.1 Å². The summed E-state index contributed by atoms with van der Waals surface area (Å²) in [6.45, 7) is 0. The van der Waals surface area contributed by atoms with Crippen LogP contribution in [0, 0.1) is 0 Å². The highest BCUT2D eigenvalue weighted by Gasteiger charge is 2.15. The van der Waals surface area contributed by atoms with Crippen molar-refractivity contribution in [1.82, 2.24) is 4.57 Å². The Labute approximate surface area is 294 Å². The Bertz CT molecular complexity index is 2550. The number of halogens is 1. The second kappa shape index (κ2) is 12.3. The maximum absolute atomic E-state index is 3.81. The van der Waals surface area contributed by atoms with Crippen LogP contribution in [-0.4, -0.2) is 4.57 Å². The fraction of sp³-hybridized carbons (Fsp3) is 0. The van der Waals surface area contributed by atoms with Gasteiger partial charge < -0.3 is 9.47 Å². The summed E-state index contributed by atoms with van der Waals surface area (Å²) in [6, 6.07) is 67.6. The van der Waals surface area contributed by atoms with Gasteiger partial charge in [-0.25, -0.2) is 0 Å². The summed E-state index contributed by atoms with van der Waals surface area (Å²) in [4.78, 5) is 2.32. The summed E-state index contributed by atoms with van der Waals surface area (Å²) in [5, 5.41) is 5.01. The van der Waals surface area contributed by atoms with Crippen LogP contribution in [0.25, 0.3) is 60.5 Å². The van der Waals surface area contributed by atoms with Crippen LogP contribution in [0.5, 0.6) is 0 Å². The van der Waals surface area contributed by atoms with Crippen LogP contribution in [0.3, 0.4) is 0 Å². The fourth-order valence-electron chi connectivity index (χ4n) is 7.07. The number of nitrogens with zero attached hydrogens (tertiary/aromatic N) is 2. The Balaban J connectivity index is 1.06. The fourth-order valence-corrected chi connectivity index (χ4v) is 7.56. The van der Waals surface area contributed by atoms with Crippen molar-refractivity contribution >= 4 is 65.6 Å². The molecule has 0 atom stereocenters. The molecular weight excluding hydrogens is 660 g/mol. The van der Waals surface area contributed by atoms with E-state index in [9.17, 15) is 0 Å². The lowest BCUT2D eigenvalue weighted by Crippen LogP contribution is -2.09. The molecule has 0 spiro atoms. The van der Waals surface area contributed by atoms with Crippen molar-refractivity contribution in [2.75, 3.05) is 4.90 Å². The molecule has 8 aromatic carbocycles. The third-order valence-corrected chi connectivity index (χ3v) is 9.86. The zero-order valence-corrected chi connectivity index (χ0v) is 28.3. The third kappa shape index (κ3) is 5.39. The van der Waals surface area contributed by atoms with E-state index in [-0.39, 0.29) is 0 Å². The van der Waals surface area contributed by atoms with Crippen molar-refractivity contribution in [3.63, 3.8) is 0 Å². The number of hydrogen-bond donors (Lipinski definition) is 0. The highest BCUT2D eigenvalue weighted by atomic mass is 79.9. The van der Waals surface area contributed by atoms with Crippen molar-refractivity contribution in [1.29, 1.82) is 0 Å². The molecule has 0 aliphatic carbocycles. The highest BCUT2D eigenvalue weighted by Crippen LogP contribution is 2.38. The Hall–Kier alpha value is -5.90. The van der Waals surface area contributed by atoms with E-state index in [1.54, 1.807) is 0 Å². The molecule has 1 heterocycles. The molecule has 1 aromatic heterocycles. The molecule has 232 valence electrons. The number of aromatic nitrogens is 1. The molecule has 0 bridgehead atoms. The molecule has 49 heavy (non-hydrogen) atoms. The second-order valence-electron chi connectivity index (χ2n) is 12.4. The van der Waals surface area contributed by atoms with Crippen LogP contribution in [0.1, 0.15) is 0 Å². The van der Waals surface area contributed by atoms with Crippen LogP contribution in [-0.2, 0) is 0 Å². The zero-order valence-electron chi connectivity index (χ0n) is 26.7. The topological polar surface area (TPSA) is 8.17 Å². The molecule has 0 aliphatic rings. The Morgan fingerprint density at radius 1 is 0.367 bits per heavy atom. The molecule has 0 saturated heterocycles. The third-order valence-electron chi connectivity index (χ3n) is 9.40. The smallest absolute Gasteiger partial charge is 0.0541 e. The first-order valence-corrected chi connectivity index (χ1v) is 17.3. The number of anilines is 3. The molecule has 0 saturated carbocycles. The van der Waals surface area contributed by atoms with Crippen molar-refractivity contribution in [3.05, 3.63) is 193 Å². The average molecular weight is 692 g/mol. The van der Waals surface area contributed by atoms with Gasteiger partial charge in [0.1, 0.15) is 0 Å². The highest BCUT2D eigenvalue weighted by molar-refractivity contribution is 9.10. The van der Waals surface area contributed by atoms with Gasteiger partial charge in [-0.3, -0.25) is 0 Å². The molecule has 2 nitrogen and oxygen atoms in total. The SMILES string of the molecule is Brc1cc(-c2ccc(N(c3ccccc3)c3ccc4ccccc4c3)cc2)cc(-c2ccc(-n3c4ccccc4c4ccccc43)cc2)c1. The normalized spacial score (nSPS) is 11.4. The van der Waals surface area contributed by atoms with Crippen LogP contribution in [0.15, 0.2) is 193 Å². The van der Waals surface area contributed by atoms with Gasteiger partial charge in [0.25, 0.3) is 0 Å². The summed E-state index contributed by atoms with van der Waals surface area (Å²) in [5.41, 5.74) is 11.6. The van der Waals surface area contributed by atoms with Crippen molar-refractivity contribution in [2.24, 2.45) is 0 Å². The molecule has 0 unspecified atom stereocenters. The van der Waals surface area contributed by atoms with Gasteiger partial charge in [0, 0.05) is 38.0 Å². The van der Waals surface area contributed by atoms with Gasteiger partial charge >= 0.3 is 0 Å². The number of para-hydroxylation sites is 3. The molecular formula is C46H31BrN2. The van der Waals surface area contributed by atoms with Crippen LogP contribution < -0.4 is 4.90 Å². The lowest BCUT2D eigenvalue weighted by atomic mass is 9.98. The summed E-state index contributed by atoms with van der Waals surface area (Å²) < 4.78 is 3.41. The Morgan fingerprint density at radius 3 is 1.53 bits per heavy atom. The largest absolute Gasteiger partial charge is 0.310 e. The Kier molecular flexibility index (Phi) is 7.33. The summed E-state index contributed by atoms with van der Waals surface area (Å²) >= 11 is 3.81. The maximum Gasteiger partial charge on any atom is 0.0541 e. The van der Waals surface area contributed by atoms with Gasteiger partial charge in [-0.05, 0) is 112 Å². The summed E-state index contributed by atoms with van der Waals surface area (Å²) in [7, 11) is 0. The molecule has 0 amide bonds. The standard InChI is InChI=1S/C46H31BrN2/c47-38-29-36(28-37(30-38)34-20-25-41(26-21-34)49-45-16-8-6-14-43(45)44-15-7-9-17-46(44)49)33-18-23-40(24-19-33)48(39-12-2-1-3-13-39)42-27-22-32-10-4-5-11-35(32)31-42/h1-31H. The van der Waals surface area contributed by atoms with Crippen molar-refractivity contribution in [2.45, 2.75) is 0 Å². The van der Waals surface area contributed by atoms with E-state index in [4.69, 9.17) is 0 Å². The maximum atomic E-state index is 3.81.